The van der Waals surface area contributed by atoms with E-state index < -0.39 is 30.3 Å². The van der Waals surface area contributed by atoms with Crippen LogP contribution in [0.15, 0.2) is 24.5 Å². The third kappa shape index (κ3) is 3.36. The Hall–Kier alpha value is -2.63. The van der Waals surface area contributed by atoms with Crippen LogP contribution in [-0.2, 0) is 5.60 Å². The summed E-state index contributed by atoms with van der Waals surface area (Å²) < 4.78 is 42.3. The van der Waals surface area contributed by atoms with E-state index in [1.54, 1.807) is 0 Å². The zero-order chi connectivity index (χ0) is 22.1. The number of aliphatic hydroxyl groups is 1. The molecular formula is C18H13Cl2F3N6O2. The summed E-state index contributed by atoms with van der Waals surface area (Å²) in [6.45, 7) is -0.651. The minimum Gasteiger partial charge on any atom is -0.383 e. The summed E-state index contributed by atoms with van der Waals surface area (Å²) in [4.78, 5) is 21.9. The maximum absolute atomic E-state index is 13.7. The van der Waals surface area contributed by atoms with Crippen LogP contribution in [0, 0.1) is 0 Å². The average molecular weight is 473 g/mol. The molecule has 2 N–H and O–H groups in total. The van der Waals surface area contributed by atoms with Crippen LogP contribution in [0.3, 0.4) is 0 Å². The Morgan fingerprint density at radius 2 is 1.97 bits per heavy atom. The van der Waals surface area contributed by atoms with Gasteiger partial charge in [-0.15, -0.1) is 0 Å². The zero-order valence-electron chi connectivity index (χ0n) is 15.5. The van der Waals surface area contributed by atoms with E-state index in [-0.39, 0.29) is 32.9 Å². The highest BCUT2D eigenvalue weighted by molar-refractivity contribution is 6.31. The number of carbonyl (C=O) groups is 1. The molecule has 31 heavy (non-hydrogen) atoms. The SMILES string of the molecule is O=C(Nc1cnc(C2(O)CC2)c(Cl)c1)N1CC(C(F)(F)F)c2c1cnc1cc(Cl)nn21. The highest BCUT2D eigenvalue weighted by atomic mass is 35.5. The Labute approximate surface area is 182 Å². The molecule has 8 nitrogen and oxygen atoms in total. The fraction of sp³-hybridized carbons (Fsp3) is 0.333. The first-order valence-electron chi connectivity index (χ1n) is 9.15. The fourth-order valence-electron chi connectivity index (χ4n) is 3.66. The Morgan fingerprint density at radius 3 is 2.61 bits per heavy atom. The first-order valence-corrected chi connectivity index (χ1v) is 9.90. The number of urea groups is 1. The number of pyridine rings is 1. The molecule has 0 saturated heterocycles. The van der Waals surface area contributed by atoms with E-state index in [9.17, 15) is 23.1 Å². The quantitative estimate of drug-likeness (QED) is 0.584. The summed E-state index contributed by atoms with van der Waals surface area (Å²) in [6, 6.07) is 1.91. The van der Waals surface area contributed by atoms with Crippen molar-refractivity contribution in [3.05, 3.63) is 46.1 Å². The van der Waals surface area contributed by atoms with Gasteiger partial charge >= 0.3 is 12.2 Å². The van der Waals surface area contributed by atoms with Crippen molar-refractivity contribution in [3.63, 3.8) is 0 Å². The molecule has 1 fully saturated rings. The van der Waals surface area contributed by atoms with Crippen molar-refractivity contribution < 1.29 is 23.1 Å². The highest BCUT2D eigenvalue weighted by Gasteiger charge is 2.50. The second-order valence-electron chi connectivity index (χ2n) is 7.49. The molecule has 1 atom stereocenters. The maximum Gasteiger partial charge on any atom is 0.399 e. The molecule has 1 aliphatic carbocycles. The zero-order valence-corrected chi connectivity index (χ0v) is 17.0. The van der Waals surface area contributed by atoms with Gasteiger partial charge in [-0.3, -0.25) is 9.88 Å². The second kappa shape index (κ2) is 6.68. The number of alkyl halides is 3. The molecule has 0 spiro atoms. The molecule has 0 aromatic carbocycles. The van der Waals surface area contributed by atoms with E-state index in [1.165, 1.54) is 24.5 Å². The smallest absolute Gasteiger partial charge is 0.383 e. The maximum atomic E-state index is 13.7. The Morgan fingerprint density at radius 1 is 1.23 bits per heavy atom. The number of nitrogens with zero attached hydrogens (tertiary/aromatic N) is 5. The summed E-state index contributed by atoms with van der Waals surface area (Å²) in [5, 5.41) is 16.7. The Kier molecular flexibility index (Phi) is 4.37. The molecule has 1 saturated carbocycles. The summed E-state index contributed by atoms with van der Waals surface area (Å²) in [6.07, 6.45) is -1.07. The van der Waals surface area contributed by atoms with Gasteiger partial charge < -0.3 is 10.4 Å². The number of aromatic nitrogens is 4. The van der Waals surface area contributed by atoms with E-state index in [2.05, 4.69) is 20.4 Å². The number of halogens is 5. The first-order chi connectivity index (χ1) is 14.6. The van der Waals surface area contributed by atoms with Crippen LogP contribution in [0.4, 0.5) is 29.3 Å². The average Bonchev–Trinajstić information content (AvgIpc) is 3.11. The number of hydrogen-bond donors (Lipinski definition) is 2. The second-order valence-corrected chi connectivity index (χ2v) is 8.28. The molecule has 5 rings (SSSR count). The van der Waals surface area contributed by atoms with Crippen molar-refractivity contribution >= 4 is 46.3 Å². The molecule has 3 aromatic rings. The number of nitrogens with one attached hydrogen (secondary N) is 1. The van der Waals surface area contributed by atoms with Crippen molar-refractivity contribution in [1.29, 1.82) is 0 Å². The van der Waals surface area contributed by atoms with Crippen LogP contribution < -0.4 is 10.2 Å². The Bertz CT molecular complexity index is 1230. The molecule has 0 bridgehead atoms. The number of carbonyl (C=O) groups excluding carboxylic acids is 1. The van der Waals surface area contributed by atoms with Gasteiger partial charge in [-0.05, 0) is 18.9 Å². The van der Waals surface area contributed by atoms with Crippen molar-refractivity contribution in [1.82, 2.24) is 19.6 Å². The third-order valence-corrected chi connectivity index (χ3v) is 5.83. The van der Waals surface area contributed by atoms with Crippen LogP contribution in [0.2, 0.25) is 10.2 Å². The normalized spacial score (nSPS) is 19.5. The molecule has 3 aromatic heterocycles. The number of rotatable bonds is 2. The van der Waals surface area contributed by atoms with Gasteiger partial charge in [0.05, 0.1) is 40.2 Å². The van der Waals surface area contributed by atoms with Gasteiger partial charge in [-0.25, -0.2) is 14.3 Å². The summed E-state index contributed by atoms with van der Waals surface area (Å²) in [5.41, 5.74) is -0.689. The van der Waals surface area contributed by atoms with Gasteiger partial charge in [-0.1, -0.05) is 23.2 Å². The van der Waals surface area contributed by atoms with Gasteiger partial charge in [0.15, 0.2) is 10.8 Å². The van der Waals surface area contributed by atoms with E-state index >= 15 is 0 Å². The largest absolute Gasteiger partial charge is 0.399 e. The molecule has 13 heteroatoms. The number of hydrogen-bond acceptors (Lipinski definition) is 5. The monoisotopic (exact) mass is 472 g/mol. The van der Waals surface area contributed by atoms with E-state index in [4.69, 9.17) is 23.2 Å². The van der Waals surface area contributed by atoms with Gasteiger partial charge in [0.1, 0.15) is 11.5 Å². The van der Waals surface area contributed by atoms with Gasteiger partial charge in [0.2, 0.25) is 0 Å². The molecule has 4 heterocycles. The van der Waals surface area contributed by atoms with Crippen LogP contribution in [0.1, 0.15) is 30.1 Å². The minimum atomic E-state index is -4.62. The molecular weight excluding hydrogens is 460 g/mol. The number of fused-ring (bicyclic) bond motifs is 3. The third-order valence-electron chi connectivity index (χ3n) is 5.35. The first kappa shape index (κ1) is 20.3. The highest BCUT2D eigenvalue weighted by Crippen LogP contribution is 2.47. The molecule has 162 valence electrons. The van der Waals surface area contributed by atoms with E-state index in [0.29, 0.717) is 18.5 Å². The van der Waals surface area contributed by atoms with Crippen LogP contribution >= 0.6 is 23.2 Å². The van der Waals surface area contributed by atoms with E-state index in [0.717, 1.165) is 9.42 Å². The van der Waals surface area contributed by atoms with Crippen LogP contribution in [0.5, 0.6) is 0 Å². The van der Waals surface area contributed by atoms with Crippen LogP contribution in [0.25, 0.3) is 5.65 Å². The Balaban J connectivity index is 1.48. The molecule has 0 radical (unpaired) electrons. The van der Waals surface area contributed by atoms with Gasteiger partial charge in [-0.2, -0.15) is 18.3 Å². The van der Waals surface area contributed by atoms with Crippen molar-refractivity contribution in [2.45, 2.75) is 30.5 Å². The predicted molar refractivity (Wildman–Crippen MR) is 106 cm³/mol. The fourth-order valence-corrected chi connectivity index (χ4v) is 4.18. The molecule has 2 aliphatic rings. The summed E-state index contributed by atoms with van der Waals surface area (Å²) in [7, 11) is 0. The van der Waals surface area contributed by atoms with Crippen LogP contribution in [-0.4, -0.2) is 43.4 Å². The summed E-state index contributed by atoms with van der Waals surface area (Å²) >= 11 is 12.0. The molecule has 1 unspecified atom stereocenters. The lowest BCUT2D eigenvalue weighted by atomic mass is 10.1. The van der Waals surface area contributed by atoms with Gasteiger partial charge in [0.25, 0.3) is 0 Å². The lowest BCUT2D eigenvalue weighted by molar-refractivity contribution is -0.147. The molecule has 1 aliphatic heterocycles. The lowest BCUT2D eigenvalue weighted by Crippen LogP contribution is -2.36. The lowest BCUT2D eigenvalue weighted by Gasteiger charge is -2.19. The van der Waals surface area contributed by atoms with Crippen molar-refractivity contribution in [3.8, 4) is 0 Å². The summed E-state index contributed by atoms with van der Waals surface area (Å²) in [5.74, 6) is -1.97. The minimum absolute atomic E-state index is 0.0113. The van der Waals surface area contributed by atoms with Crippen molar-refractivity contribution in [2.24, 2.45) is 0 Å². The standard InChI is InChI=1S/C18H13Cl2F3N6O2/c19-10-3-8(5-25-15(10)17(31)1-2-17)26-16(30)28-7-9(18(21,22)23)14-11(28)6-24-13-4-12(20)27-29(13)14/h3-6,9,31H,1-2,7H2,(H,26,30). The number of amides is 2. The molecule has 2 amide bonds. The number of anilines is 2. The topological polar surface area (TPSA) is 95.6 Å². The van der Waals surface area contributed by atoms with E-state index in [1.807, 2.05) is 0 Å². The van der Waals surface area contributed by atoms with Gasteiger partial charge in [0, 0.05) is 12.6 Å². The van der Waals surface area contributed by atoms with Crippen molar-refractivity contribution in [2.75, 3.05) is 16.8 Å². The predicted octanol–water partition coefficient (Wildman–Crippen LogP) is 4.11.